The second kappa shape index (κ2) is 9.09. The van der Waals surface area contributed by atoms with Gasteiger partial charge in [-0.1, -0.05) is 72.4 Å². The first kappa shape index (κ1) is 20.1. The molecule has 0 spiro atoms. The fourth-order valence-electron chi connectivity index (χ4n) is 3.18. The molecular weight excluding hydrogens is 392 g/mol. The number of aryl methyl sites for hydroxylation is 2. The van der Waals surface area contributed by atoms with Crippen LogP contribution in [-0.4, -0.2) is 17.5 Å². The summed E-state index contributed by atoms with van der Waals surface area (Å²) >= 11 is 1.54. The minimum absolute atomic E-state index is 0.0357. The quantitative estimate of drug-likeness (QED) is 0.383. The van der Waals surface area contributed by atoms with Crippen molar-refractivity contribution >= 4 is 32.6 Å². The Kier molecular flexibility index (Phi) is 6.10. The van der Waals surface area contributed by atoms with Gasteiger partial charge in [0.1, 0.15) is 5.75 Å². The van der Waals surface area contributed by atoms with Gasteiger partial charge in [-0.25, -0.2) is 4.98 Å². The molecule has 4 nitrogen and oxygen atoms in total. The first-order valence-corrected chi connectivity index (χ1v) is 10.9. The van der Waals surface area contributed by atoms with Crippen molar-refractivity contribution in [3.63, 3.8) is 0 Å². The summed E-state index contributed by atoms with van der Waals surface area (Å²) in [6.07, 6.45) is 0.972. The third-order valence-electron chi connectivity index (χ3n) is 4.95. The molecule has 30 heavy (non-hydrogen) atoms. The number of fused-ring (bicyclic) bond motifs is 1. The Balaban J connectivity index is 1.60. The SMILES string of the molecule is CCc1ccc2nc(N(Cc3ccccc3)C(=O)COc3ccc(C)cc3)sc2c1. The Labute approximate surface area is 180 Å². The second-order valence-electron chi connectivity index (χ2n) is 7.22. The average molecular weight is 417 g/mol. The van der Waals surface area contributed by atoms with E-state index in [0.717, 1.165) is 27.8 Å². The lowest BCUT2D eigenvalue weighted by Gasteiger charge is -2.20. The summed E-state index contributed by atoms with van der Waals surface area (Å²) in [5, 5.41) is 0.694. The van der Waals surface area contributed by atoms with E-state index in [1.165, 1.54) is 5.56 Å². The number of amides is 1. The normalized spacial score (nSPS) is 10.9. The van der Waals surface area contributed by atoms with Gasteiger partial charge >= 0.3 is 0 Å². The molecule has 3 aromatic carbocycles. The molecule has 0 saturated heterocycles. The number of anilines is 1. The van der Waals surface area contributed by atoms with Crippen molar-refractivity contribution < 1.29 is 9.53 Å². The van der Waals surface area contributed by atoms with Crippen LogP contribution in [0.15, 0.2) is 72.8 Å². The monoisotopic (exact) mass is 416 g/mol. The number of carbonyl (C=O) groups is 1. The summed E-state index contributed by atoms with van der Waals surface area (Å²) in [4.78, 5) is 19.6. The summed E-state index contributed by atoms with van der Waals surface area (Å²) < 4.78 is 6.85. The van der Waals surface area contributed by atoms with Crippen molar-refractivity contribution in [2.24, 2.45) is 0 Å². The van der Waals surface area contributed by atoms with Gasteiger partial charge in [0.2, 0.25) is 0 Å². The predicted octanol–water partition coefficient (Wildman–Crippen LogP) is 5.78. The maximum atomic E-state index is 13.2. The summed E-state index contributed by atoms with van der Waals surface area (Å²) in [5.41, 5.74) is 4.38. The molecule has 0 aliphatic rings. The molecule has 1 amide bonds. The number of hydrogen-bond donors (Lipinski definition) is 0. The lowest BCUT2D eigenvalue weighted by Crippen LogP contribution is -2.34. The predicted molar refractivity (Wildman–Crippen MR) is 123 cm³/mol. The minimum atomic E-state index is -0.116. The van der Waals surface area contributed by atoms with Gasteiger partial charge in [0.05, 0.1) is 16.8 Å². The highest BCUT2D eigenvalue weighted by molar-refractivity contribution is 7.22. The van der Waals surface area contributed by atoms with Gasteiger partial charge in [0, 0.05) is 0 Å². The maximum absolute atomic E-state index is 13.2. The molecule has 0 fully saturated rings. The molecule has 0 aliphatic carbocycles. The molecular formula is C25H24N2O2S. The van der Waals surface area contributed by atoms with Gasteiger partial charge in [0.25, 0.3) is 5.91 Å². The number of thiazole rings is 1. The molecule has 152 valence electrons. The van der Waals surface area contributed by atoms with Crippen LogP contribution in [-0.2, 0) is 17.8 Å². The number of ether oxygens (including phenoxy) is 1. The van der Waals surface area contributed by atoms with Crippen LogP contribution in [0.4, 0.5) is 5.13 Å². The summed E-state index contributed by atoms with van der Waals surface area (Å²) in [7, 11) is 0. The van der Waals surface area contributed by atoms with Crippen LogP contribution in [0.2, 0.25) is 0 Å². The Morgan fingerprint density at radius 1 is 1.00 bits per heavy atom. The van der Waals surface area contributed by atoms with Crippen molar-refractivity contribution in [2.45, 2.75) is 26.8 Å². The van der Waals surface area contributed by atoms with Gasteiger partial charge in [-0.15, -0.1) is 0 Å². The summed E-state index contributed by atoms with van der Waals surface area (Å²) in [6, 6.07) is 24.0. The number of rotatable bonds is 7. The van der Waals surface area contributed by atoms with Crippen molar-refractivity contribution in [3.8, 4) is 5.75 Å². The van der Waals surface area contributed by atoms with Crippen molar-refractivity contribution in [3.05, 3.63) is 89.5 Å². The number of aromatic nitrogens is 1. The third kappa shape index (κ3) is 4.69. The van der Waals surface area contributed by atoms with Crippen molar-refractivity contribution in [1.29, 1.82) is 0 Å². The number of benzene rings is 3. The average Bonchev–Trinajstić information content (AvgIpc) is 3.20. The zero-order valence-electron chi connectivity index (χ0n) is 17.2. The van der Waals surface area contributed by atoms with Crippen molar-refractivity contribution in [1.82, 2.24) is 4.98 Å². The number of nitrogens with zero attached hydrogens (tertiary/aromatic N) is 2. The molecule has 0 atom stereocenters. The molecule has 0 radical (unpaired) electrons. The van der Waals surface area contributed by atoms with E-state index in [2.05, 4.69) is 19.1 Å². The Morgan fingerprint density at radius 3 is 2.50 bits per heavy atom. The molecule has 0 bridgehead atoms. The Morgan fingerprint density at radius 2 is 1.77 bits per heavy atom. The van der Waals surface area contributed by atoms with E-state index in [-0.39, 0.29) is 12.5 Å². The molecule has 0 unspecified atom stereocenters. The number of hydrogen-bond acceptors (Lipinski definition) is 4. The molecule has 0 saturated carbocycles. The van der Waals surface area contributed by atoms with Crippen LogP contribution in [0.3, 0.4) is 0 Å². The Hall–Kier alpha value is -3.18. The molecule has 0 N–H and O–H groups in total. The van der Waals surface area contributed by atoms with Gasteiger partial charge in [-0.2, -0.15) is 0 Å². The lowest BCUT2D eigenvalue weighted by atomic mass is 10.2. The zero-order valence-corrected chi connectivity index (χ0v) is 18.0. The van der Waals surface area contributed by atoms with Crippen LogP contribution in [0.1, 0.15) is 23.6 Å². The van der Waals surface area contributed by atoms with E-state index >= 15 is 0 Å². The van der Waals surface area contributed by atoms with E-state index in [1.807, 2.05) is 67.6 Å². The van der Waals surface area contributed by atoms with E-state index in [0.29, 0.717) is 17.4 Å². The van der Waals surface area contributed by atoms with E-state index in [9.17, 15) is 4.79 Å². The molecule has 4 aromatic rings. The minimum Gasteiger partial charge on any atom is -0.484 e. The smallest absolute Gasteiger partial charge is 0.267 e. The third-order valence-corrected chi connectivity index (χ3v) is 5.99. The molecule has 1 heterocycles. The fourth-order valence-corrected chi connectivity index (χ4v) is 4.22. The standard InChI is InChI=1S/C25H24N2O2S/c1-3-19-11-14-22-23(15-19)30-25(26-22)27(16-20-7-5-4-6-8-20)24(28)17-29-21-12-9-18(2)10-13-21/h4-15H,3,16-17H2,1-2H3. The zero-order chi connectivity index (χ0) is 20.9. The molecule has 5 heteroatoms. The summed E-state index contributed by atoms with van der Waals surface area (Å²) in [6.45, 7) is 4.58. The largest absolute Gasteiger partial charge is 0.484 e. The first-order chi connectivity index (χ1) is 14.6. The van der Waals surface area contributed by atoms with E-state index in [1.54, 1.807) is 16.2 Å². The molecule has 0 aliphatic heterocycles. The topological polar surface area (TPSA) is 42.4 Å². The second-order valence-corrected chi connectivity index (χ2v) is 8.23. The maximum Gasteiger partial charge on any atom is 0.267 e. The van der Waals surface area contributed by atoms with E-state index in [4.69, 9.17) is 9.72 Å². The van der Waals surface area contributed by atoms with Crippen LogP contribution >= 0.6 is 11.3 Å². The van der Waals surface area contributed by atoms with Crippen LogP contribution in [0.5, 0.6) is 5.75 Å². The lowest BCUT2D eigenvalue weighted by molar-refractivity contribution is -0.120. The Bertz CT molecular complexity index is 1140. The summed E-state index contributed by atoms with van der Waals surface area (Å²) in [5.74, 6) is 0.569. The van der Waals surface area contributed by atoms with Crippen molar-refractivity contribution in [2.75, 3.05) is 11.5 Å². The van der Waals surface area contributed by atoms with Gasteiger partial charge < -0.3 is 4.74 Å². The first-order valence-electron chi connectivity index (χ1n) is 10.1. The van der Waals surface area contributed by atoms with Crippen LogP contribution < -0.4 is 9.64 Å². The highest BCUT2D eigenvalue weighted by Crippen LogP contribution is 2.31. The van der Waals surface area contributed by atoms with Gasteiger partial charge in [-0.3, -0.25) is 9.69 Å². The van der Waals surface area contributed by atoms with Gasteiger partial charge in [0.15, 0.2) is 11.7 Å². The molecule has 4 rings (SSSR count). The van der Waals surface area contributed by atoms with Crippen LogP contribution in [0.25, 0.3) is 10.2 Å². The fraction of sp³-hybridized carbons (Fsp3) is 0.200. The van der Waals surface area contributed by atoms with Crippen LogP contribution in [0, 0.1) is 6.92 Å². The highest BCUT2D eigenvalue weighted by atomic mass is 32.1. The highest BCUT2D eigenvalue weighted by Gasteiger charge is 2.21. The van der Waals surface area contributed by atoms with E-state index < -0.39 is 0 Å². The van der Waals surface area contributed by atoms with Gasteiger partial charge in [-0.05, 0) is 48.7 Å². The number of carbonyl (C=O) groups excluding carboxylic acids is 1. The molecule has 1 aromatic heterocycles.